The van der Waals surface area contributed by atoms with Crippen LogP contribution in [-0.2, 0) is 9.47 Å². The Balaban J connectivity index is 2.29. The molecule has 0 bridgehead atoms. The Morgan fingerprint density at radius 3 is 2.42 bits per heavy atom. The summed E-state index contributed by atoms with van der Waals surface area (Å²) in [5, 5.41) is 0. The van der Waals surface area contributed by atoms with Gasteiger partial charge in [0.2, 0.25) is 0 Å². The van der Waals surface area contributed by atoms with Crippen molar-refractivity contribution >= 4 is 0 Å². The van der Waals surface area contributed by atoms with Crippen LogP contribution in [0.2, 0.25) is 0 Å². The quantitative estimate of drug-likeness (QED) is 0.632. The monoisotopic (exact) mass is 172 g/mol. The van der Waals surface area contributed by atoms with Crippen molar-refractivity contribution in [1.29, 1.82) is 0 Å². The van der Waals surface area contributed by atoms with Gasteiger partial charge >= 0.3 is 0 Å². The van der Waals surface area contributed by atoms with Crippen LogP contribution in [0.1, 0.15) is 26.7 Å². The Labute approximate surface area is 75.2 Å². The first kappa shape index (κ1) is 10.0. The second-order valence-electron chi connectivity index (χ2n) is 4.08. The van der Waals surface area contributed by atoms with Gasteiger partial charge in [-0.1, -0.05) is 6.92 Å². The molecule has 0 atom stereocenters. The fourth-order valence-electron chi connectivity index (χ4n) is 2.32. The average Bonchev–Trinajstić information content (AvgIpc) is 1.98. The van der Waals surface area contributed by atoms with Crippen LogP contribution in [0.5, 0.6) is 0 Å². The predicted molar refractivity (Wildman–Crippen MR) is 49.2 cm³/mol. The SMILES string of the molecule is CCOCC1(COC)CC(C)C1. The Morgan fingerprint density at radius 1 is 1.33 bits per heavy atom. The topological polar surface area (TPSA) is 18.5 Å². The van der Waals surface area contributed by atoms with Crippen molar-refractivity contribution in [3.63, 3.8) is 0 Å². The van der Waals surface area contributed by atoms with Crippen molar-refractivity contribution < 1.29 is 9.47 Å². The molecule has 0 heterocycles. The number of methoxy groups -OCH3 is 1. The van der Waals surface area contributed by atoms with E-state index in [1.54, 1.807) is 7.11 Å². The lowest BCUT2D eigenvalue weighted by atomic mass is 9.63. The molecule has 72 valence electrons. The molecule has 0 unspecified atom stereocenters. The van der Waals surface area contributed by atoms with Gasteiger partial charge in [-0.2, -0.15) is 0 Å². The minimum atomic E-state index is 0.351. The first-order valence-corrected chi connectivity index (χ1v) is 4.79. The van der Waals surface area contributed by atoms with E-state index in [4.69, 9.17) is 9.47 Å². The van der Waals surface area contributed by atoms with E-state index in [-0.39, 0.29) is 0 Å². The first-order chi connectivity index (χ1) is 5.72. The maximum absolute atomic E-state index is 5.46. The van der Waals surface area contributed by atoms with Gasteiger partial charge in [0.15, 0.2) is 0 Å². The van der Waals surface area contributed by atoms with Crippen molar-refractivity contribution in [2.45, 2.75) is 26.7 Å². The molecule has 1 saturated carbocycles. The van der Waals surface area contributed by atoms with Crippen LogP contribution < -0.4 is 0 Å². The highest BCUT2D eigenvalue weighted by Crippen LogP contribution is 2.45. The van der Waals surface area contributed by atoms with Crippen LogP contribution in [-0.4, -0.2) is 26.9 Å². The summed E-state index contributed by atoms with van der Waals surface area (Å²) in [6.07, 6.45) is 2.53. The lowest BCUT2D eigenvalue weighted by Crippen LogP contribution is -2.43. The molecule has 2 nitrogen and oxygen atoms in total. The van der Waals surface area contributed by atoms with Gasteiger partial charge in [-0.25, -0.2) is 0 Å². The minimum Gasteiger partial charge on any atom is -0.384 e. The fourth-order valence-corrected chi connectivity index (χ4v) is 2.32. The third-order valence-corrected chi connectivity index (χ3v) is 2.63. The molecule has 1 aliphatic rings. The molecule has 0 aromatic rings. The summed E-state index contributed by atoms with van der Waals surface area (Å²) in [5.74, 6) is 0.862. The Kier molecular flexibility index (Phi) is 3.53. The van der Waals surface area contributed by atoms with E-state index in [0.29, 0.717) is 5.41 Å². The number of hydrogen-bond donors (Lipinski definition) is 0. The smallest absolute Gasteiger partial charge is 0.0544 e. The number of ether oxygens (including phenoxy) is 2. The minimum absolute atomic E-state index is 0.351. The molecule has 12 heavy (non-hydrogen) atoms. The van der Waals surface area contributed by atoms with Crippen molar-refractivity contribution in [3.8, 4) is 0 Å². The van der Waals surface area contributed by atoms with Gasteiger partial charge in [-0.05, 0) is 25.7 Å². The van der Waals surface area contributed by atoms with Gasteiger partial charge in [0, 0.05) is 19.1 Å². The maximum Gasteiger partial charge on any atom is 0.0544 e. The zero-order valence-electron chi connectivity index (χ0n) is 8.43. The van der Waals surface area contributed by atoms with E-state index in [9.17, 15) is 0 Å². The zero-order valence-corrected chi connectivity index (χ0v) is 8.43. The van der Waals surface area contributed by atoms with Crippen LogP contribution in [0.25, 0.3) is 0 Å². The lowest BCUT2D eigenvalue weighted by Gasteiger charge is -2.45. The second kappa shape index (κ2) is 4.24. The van der Waals surface area contributed by atoms with Gasteiger partial charge in [0.05, 0.1) is 13.2 Å². The van der Waals surface area contributed by atoms with Crippen LogP contribution in [0.3, 0.4) is 0 Å². The van der Waals surface area contributed by atoms with Gasteiger partial charge in [-0.15, -0.1) is 0 Å². The van der Waals surface area contributed by atoms with E-state index in [2.05, 4.69) is 6.92 Å². The van der Waals surface area contributed by atoms with E-state index in [1.165, 1.54) is 12.8 Å². The summed E-state index contributed by atoms with van der Waals surface area (Å²) in [6.45, 7) is 6.89. The summed E-state index contributed by atoms with van der Waals surface area (Å²) >= 11 is 0. The molecule has 1 rings (SSSR count). The molecule has 0 amide bonds. The highest BCUT2D eigenvalue weighted by Gasteiger charge is 2.42. The molecule has 0 spiro atoms. The third kappa shape index (κ3) is 2.20. The van der Waals surface area contributed by atoms with Crippen LogP contribution >= 0.6 is 0 Å². The fraction of sp³-hybridized carbons (Fsp3) is 1.00. The molecule has 0 radical (unpaired) electrons. The van der Waals surface area contributed by atoms with Crippen molar-refractivity contribution in [3.05, 3.63) is 0 Å². The van der Waals surface area contributed by atoms with Gasteiger partial charge in [0.25, 0.3) is 0 Å². The van der Waals surface area contributed by atoms with E-state index >= 15 is 0 Å². The van der Waals surface area contributed by atoms with Crippen LogP contribution in [0.15, 0.2) is 0 Å². The maximum atomic E-state index is 5.46. The molecule has 0 aromatic heterocycles. The van der Waals surface area contributed by atoms with Gasteiger partial charge in [-0.3, -0.25) is 0 Å². The summed E-state index contributed by atoms with van der Waals surface area (Å²) < 4.78 is 10.7. The molecule has 0 N–H and O–H groups in total. The molecule has 0 saturated heterocycles. The Morgan fingerprint density at radius 2 is 2.00 bits per heavy atom. The van der Waals surface area contributed by atoms with Crippen molar-refractivity contribution in [2.75, 3.05) is 26.9 Å². The van der Waals surface area contributed by atoms with Gasteiger partial charge in [0.1, 0.15) is 0 Å². The number of rotatable bonds is 5. The van der Waals surface area contributed by atoms with Gasteiger partial charge < -0.3 is 9.47 Å². The Bertz CT molecular complexity index is 122. The van der Waals surface area contributed by atoms with E-state index in [1.807, 2.05) is 6.92 Å². The lowest BCUT2D eigenvalue weighted by molar-refractivity contribution is -0.0769. The molecular formula is C10H20O2. The highest BCUT2D eigenvalue weighted by molar-refractivity contribution is 4.91. The molecule has 1 aliphatic carbocycles. The molecule has 1 fully saturated rings. The van der Waals surface area contributed by atoms with Crippen LogP contribution in [0, 0.1) is 11.3 Å². The standard InChI is InChI=1S/C10H20O2/c1-4-12-8-10(7-11-3)5-9(2)6-10/h9H,4-8H2,1-3H3. The molecule has 0 aliphatic heterocycles. The Hall–Kier alpha value is -0.0800. The van der Waals surface area contributed by atoms with Crippen molar-refractivity contribution in [1.82, 2.24) is 0 Å². The summed E-state index contributed by atoms with van der Waals surface area (Å²) in [6, 6.07) is 0. The largest absolute Gasteiger partial charge is 0.384 e. The normalized spacial score (nSPS) is 34.8. The average molecular weight is 172 g/mol. The predicted octanol–water partition coefficient (Wildman–Crippen LogP) is 2.09. The first-order valence-electron chi connectivity index (χ1n) is 4.79. The van der Waals surface area contributed by atoms with E-state index in [0.717, 1.165) is 25.7 Å². The molecule has 0 aromatic carbocycles. The molecular weight excluding hydrogens is 152 g/mol. The summed E-state index contributed by atoms with van der Waals surface area (Å²) in [7, 11) is 1.77. The summed E-state index contributed by atoms with van der Waals surface area (Å²) in [5.41, 5.74) is 0.351. The zero-order chi connectivity index (χ0) is 9.03. The third-order valence-electron chi connectivity index (χ3n) is 2.63. The number of hydrogen-bond acceptors (Lipinski definition) is 2. The van der Waals surface area contributed by atoms with Crippen LogP contribution in [0.4, 0.5) is 0 Å². The van der Waals surface area contributed by atoms with E-state index < -0.39 is 0 Å². The molecule has 2 heteroatoms. The highest BCUT2D eigenvalue weighted by atomic mass is 16.5. The van der Waals surface area contributed by atoms with Crippen molar-refractivity contribution in [2.24, 2.45) is 11.3 Å². The second-order valence-corrected chi connectivity index (χ2v) is 4.08. The summed E-state index contributed by atoms with van der Waals surface area (Å²) in [4.78, 5) is 0.